The first-order valence-electron chi connectivity index (χ1n) is 7.46. The lowest BCUT2D eigenvalue weighted by Gasteiger charge is -2.36. The van der Waals surface area contributed by atoms with Crippen LogP contribution in [-0.4, -0.2) is 36.1 Å². The first kappa shape index (κ1) is 15.6. The quantitative estimate of drug-likeness (QED) is 0.810. The molecule has 2 N–H and O–H groups in total. The van der Waals surface area contributed by atoms with Gasteiger partial charge in [-0.3, -0.25) is 4.79 Å². The number of amides is 1. The van der Waals surface area contributed by atoms with Gasteiger partial charge >= 0.3 is 6.18 Å². The van der Waals surface area contributed by atoms with Gasteiger partial charge in [0.15, 0.2) is 0 Å². The number of nitrogens with zero attached hydrogens (tertiary/aromatic N) is 1. The molecule has 0 radical (unpaired) electrons. The summed E-state index contributed by atoms with van der Waals surface area (Å²) in [5, 5.41) is 0. The summed E-state index contributed by atoms with van der Waals surface area (Å²) in [5.74, 6) is -0.360. The van der Waals surface area contributed by atoms with Crippen LogP contribution in [0.1, 0.15) is 51.4 Å². The van der Waals surface area contributed by atoms with E-state index < -0.39 is 18.1 Å². The highest BCUT2D eigenvalue weighted by Gasteiger charge is 2.47. The summed E-state index contributed by atoms with van der Waals surface area (Å²) in [4.78, 5) is 13.8. The summed E-state index contributed by atoms with van der Waals surface area (Å²) >= 11 is 0. The lowest BCUT2D eigenvalue weighted by atomic mass is 9.79. The maximum atomic E-state index is 12.7. The molecule has 0 bridgehead atoms. The minimum absolute atomic E-state index is 0.160. The summed E-state index contributed by atoms with van der Waals surface area (Å²) in [6.45, 7) is -0.967. The molecule has 0 aromatic carbocycles. The van der Waals surface area contributed by atoms with E-state index in [4.69, 9.17) is 5.73 Å². The molecular weight excluding hydrogens is 269 g/mol. The topological polar surface area (TPSA) is 46.3 Å². The Kier molecular flexibility index (Phi) is 4.62. The third kappa shape index (κ3) is 3.65. The highest BCUT2D eigenvalue weighted by molar-refractivity contribution is 5.83. The van der Waals surface area contributed by atoms with Gasteiger partial charge < -0.3 is 10.6 Å². The van der Waals surface area contributed by atoms with Gasteiger partial charge in [-0.1, -0.05) is 25.7 Å². The van der Waals surface area contributed by atoms with Crippen LogP contribution in [0.3, 0.4) is 0 Å². The van der Waals surface area contributed by atoms with E-state index in [9.17, 15) is 18.0 Å². The van der Waals surface area contributed by atoms with E-state index in [0.29, 0.717) is 25.7 Å². The summed E-state index contributed by atoms with van der Waals surface area (Å²) < 4.78 is 38.1. The van der Waals surface area contributed by atoms with Gasteiger partial charge in [0, 0.05) is 12.6 Å². The molecule has 1 amide bonds. The number of carbonyl (C=O) groups excluding carboxylic acids is 1. The van der Waals surface area contributed by atoms with Crippen molar-refractivity contribution in [2.45, 2.75) is 63.6 Å². The Balaban J connectivity index is 2.15. The van der Waals surface area contributed by atoms with Crippen LogP contribution in [0.5, 0.6) is 0 Å². The third-order valence-electron chi connectivity index (χ3n) is 4.50. The molecule has 0 aromatic rings. The van der Waals surface area contributed by atoms with E-state index in [0.717, 1.165) is 30.6 Å². The Morgan fingerprint density at radius 2 is 1.70 bits per heavy atom. The minimum atomic E-state index is -4.33. The molecular formula is C14H23F3N2O. The van der Waals surface area contributed by atoms with Gasteiger partial charge in [0.1, 0.15) is 6.54 Å². The zero-order valence-electron chi connectivity index (χ0n) is 11.7. The zero-order chi connectivity index (χ0) is 14.8. The second kappa shape index (κ2) is 5.92. The summed E-state index contributed by atoms with van der Waals surface area (Å²) in [6, 6.07) is -0.226. The normalized spacial score (nSPS) is 23.2. The maximum absolute atomic E-state index is 12.7. The van der Waals surface area contributed by atoms with Crippen LogP contribution in [0.2, 0.25) is 0 Å². The molecule has 116 valence electrons. The second-order valence-corrected chi connectivity index (χ2v) is 6.18. The largest absolute Gasteiger partial charge is 0.406 e. The van der Waals surface area contributed by atoms with E-state index in [1.165, 1.54) is 0 Å². The van der Waals surface area contributed by atoms with Gasteiger partial charge in [0.2, 0.25) is 5.91 Å². The number of carbonyl (C=O) groups is 1. The summed E-state index contributed by atoms with van der Waals surface area (Å²) in [6.07, 6.45) is 2.13. The fourth-order valence-corrected chi connectivity index (χ4v) is 3.16. The van der Waals surface area contributed by atoms with Crippen LogP contribution >= 0.6 is 0 Å². The van der Waals surface area contributed by atoms with Crippen molar-refractivity contribution in [3.8, 4) is 0 Å². The Morgan fingerprint density at radius 1 is 1.15 bits per heavy atom. The molecule has 2 saturated carbocycles. The minimum Gasteiger partial charge on any atom is -0.330 e. The summed E-state index contributed by atoms with van der Waals surface area (Å²) in [7, 11) is 0. The molecule has 0 saturated heterocycles. The SMILES string of the molecule is NCC1(C(=O)N(CC(F)(F)F)C2CC2)CCCCCC1. The van der Waals surface area contributed by atoms with Crippen molar-refractivity contribution in [2.75, 3.05) is 13.1 Å². The lowest BCUT2D eigenvalue weighted by molar-refractivity contribution is -0.169. The monoisotopic (exact) mass is 292 g/mol. The molecule has 2 aliphatic rings. The van der Waals surface area contributed by atoms with Crippen molar-refractivity contribution in [2.24, 2.45) is 11.1 Å². The first-order chi connectivity index (χ1) is 9.38. The first-order valence-corrected chi connectivity index (χ1v) is 7.46. The van der Waals surface area contributed by atoms with Crippen LogP contribution < -0.4 is 5.73 Å². The average molecular weight is 292 g/mol. The predicted octanol–water partition coefficient (Wildman–Crippen LogP) is 2.84. The predicted molar refractivity (Wildman–Crippen MR) is 70.0 cm³/mol. The van der Waals surface area contributed by atoms with E-state index in [2.05, 4.69) is 0 Å². The van der Waals surface area contributed by atoms with Gasteiger partial charge in [0.05, 0.1) is 5.41 Å². The number of halogens is 3. The average Bonchev–Trinajstić information content (AvgIpc) is 3.20. The van der Waals surface area contributed by atoms with Crippen LogP contribution in [0.25, 0.3) is 0 Å². The van der Waals surface area contributed by atoms with E-state index in [1.54, 1.807) is 0 Å². The Bertz CT molecular complexity index is 345. The van der Waals surface area contributed by atoms with Crippen LogP contribution in [-0.2, 0) is 4.79 Å². The van der Waals surface area contributed by atoms with E-state index in [-0.39, 0.29) is 18.5 Å². The molecule has 0 heterocycles. The fraction of sp³-hybridized carbons (Fsp3) is 0.929. The maximum Gasteiger partial charge on any atom is 0.406 e. The number of rotatable bonds is 4. The smallest absolute Gasteiger partial charge is 0.330 e. The van der Waals surface area contributed by atoms with Crippen molar-refractivity contribution in [1.82, 2.24) is 4.90 Å². The van der Waals surface area contributed by atoms with Crippen molar-refractivity contribution in [3.63, 3.8) is 0 Å². The highest BCUT2D eigenvalue weighted by atomic mass is 19.4. The van der Waals surface area contributed by atoms with Crippen molar-refractivity contribution in [1.29, 1.82) is 0 Å². The molecule has 0 aliphatic heterocycles. The van der Waals surface area contributed by atoms with Crippen LogP contribution in [0.4, 0.5) is 13.2 Å². The number of hydrogen-bond donors (Lipinski definition) is 1. The van der Waals surface area contributed by atoms with Gasteiger partial charge in [-0.05, 0) is 25.7 Å². The summed E-state index contributed by atoms with van der Waals surface area (Å²) in [5.41, 5.74) is 5.04. The molecule has 0 aromatic heterocycles. The van der Waals surface area contributed by atoms with E-state index >= 15 is 0 Å². The highest BCUT2D eigenvalue weighted by Crippen LogP contribution is 2.40. The lowest BCUT2D eigenvalue weighted by Crippen LogP contribution is -2.51. The second-order valence-electron chi connectivity index (χ2n) is 6.18. The molecule has 20 heavy (non-hydrogen) atoms. The van der Waals surface area contributed by atoms with Gasteiger partial charge in [-0.15, -0.1) is 0 Å². The number of nitrogens with two attached hydrogens (primary N) is 1. The third-order valence-corrected chi connectivity index (χ3v) is 4.50. The van der Waals surface area contributed by atoms with Gasteiger partial charge in [-0.2, -0.15) is 13.2 Å². The van der Waals surface area contributed by atoms with Crippen molar-refractivity contribution in [3.05, 3.63) is 0 Å². The van der Waals surface area contributed by atoms with Crippen LogP contribution in [0, 0.1) is 5.41 Å². The molecule has 2 fully saturated rings. The standard InChI is InChI=1S/C14H23F3N2O/c15-14(16,17)10-19(11-5-6-11)12(20)13(9-18)7-3-1-2-4-8-13/h11H,1-10,18H2. The number of hydrogen-bond acceptors (Lipinski definition) is 2. The Morgan fingerprint density at radius 3 is 2.10 bits per heavy atom. The molecule has 0 unspecified atom stereocenters. The van der Waals surface area contributed by atoms with Crippen LogP contribution in [0.15, 0.2) is 0 Å². The number of alkyl halides is 3. The van der Waals surface area contributed by atoms with Gasteiger partial charge in [0.25, 0.3) is 0 Å². The van der Waals surface area contributed by atoms with Crippen molar-refractivity contribution >= 4 is 5.91 Å². The Labute approximate surface area is 117 Å². The Hall–Kier alpha value is -0.780. The van der Waals surface area contributed by atoms with Gasteiger partial charge in [-0.25, -0.2) is 0 Å². The zero-order valence-corrected chi connectivity index (χ0v) is 11.7. The van der Waals surface area contributed by atoms with Crippen molar-refractivity contribution < 1.29 is 18.0 Å². The molecule has 0 spiro atoms. The molecule has 2 rings (SSSR count). The fourth-order valence-electron chi connectivity index (χ4n) is 3.16. The molecule has 6 heteroatoms. The van der Waals surface area contributed by atoms with E-state index in [1.807, 2.05) is 0 Å². The molecule has 2 aliphatic carbocycles. The molecule has 3 nitrogen and oxygen atoms in total. The molecule has 0 atom stereocenters.